The second kappa shape index (κ2) is 7.41. The fourth-order valence-corrected chi connectivity index (χ4v) is 2.27. The summed E-state index contributed by atoms with van der Waals surface area (Å²) in [5, 5.41) is 11.0. The van der Waals surface area contributed by atoms with Crippen molar-refractivity contribution in [3.8, 4) is 11.4 Å². The molecule has 6 nitrogen and oxygen atoms in total. The molecule has 1 aromatic heterocycles. The zero-order valence-corrected chi connectivity index (χ0v) is 13.3. The van der Waals surface area contributed by atoms with E-state index in [2.05, 4.69) is 15.6 Å². The van der Waals surface area contributed by atoms with E-state index in [-0.39, 0.29) is 5.91 Å². The van der Waals surface area contributed by atoms with E-state index < -0.39 is 0 Å². The molecular weight excluding hydrogens is 304 g/mol. The van der Waals surface area contributed by atoms with Crippen LogP contribution in [-0.4, -0.2) is 28.0 Å². The van der Waals surface area contributed by atoms with Gasteiger partial charge >= 0.3 is 0 Å². The van der Waals surface area contributed by atoms with Crippen LogP contribution >= 0.6 is 0 Å². The van der Waals surface area contributed by atoms with E-state index in [1.165, 1.54) is 0 Å². The first-order chi connectivity index (χ1) is 11.7. The topological polar surface area (TPSA) is 69.0 Å². The van der Waals surface area contributed by atoms with Crippen LogP contribution in [-0.2, 0) is 17.8 Å². The molecule has 0 saturated heterocycles. The zero-order valence-electron chi connectivity index (χ0n) is 13.3. The van der Waals surface area contributed by atoms with Crippen LogP contribution in [0.2, 0.25) is 0 Å². The number of rotatable bonds is 6. The van der Waals surface area contributed by atoms with Crippen molar-refractivity contribution in [3.05, 3.63) is 72.1 Å². The van der Waals surface area contributed by atoms with Crippen LogP contribution in [0.4, 0.5) is 0 Å². The van der Waals surface area contributed by atoms with Crippen LogP contribution in [0.3, 0.4) is 0 Å². The van der Waals surface area contributed by atoms with Crippen LogP contribution in [0.5, 0.6) is 5.75 Å². The van der Waals surface area contributed by atoms with E-state index in [0.717, 1.165) is 17.0 Å². The van der Waals surface area contributed by atoms with Crippen LogP contribution in [0.1, 0.15) is 11.3 Å². The van der Waals surface area contributed by atoms with Crippen molar-refractivity contribution in [2.45, 2.75) is 13.0 Å². The molecule has 0 spiro atoms. The van der Waals surface area contributed by atoms with E-state index in [1.807, 2.05) is 54.6 Å². The minimum Gasteiger partial charge on any atom is -0.497 e. The highest BCUT2D eigenvalue weighted by atomic mass is 16.5. The highest BCUT2D eigenvalue weighted by molar-refractivity contribution is 5.78. The fourth-order valence-electron chi connectivity index (χ4n) is 2.27. The number of amides is 1. The molecule has 0 radical (unpaired) electrons. The Morgan fingerprint density at radius 3 is 2.58 bits per heavy atom. The van der Waals surface area contributed by atoms with Gasteiger partial charge in [0.15, 0.2) is 0 Å². The lowest BCUT2D eigenvalue weighted by Crippen LogP contribution is -2.24. The Balaban J connectivity index is 1.56. The molecule has 1 N–H and O–H groups in total. The number of aromatic nitrogens is 3. The van der Waals surface area contributed by atoms with Crippen LogP contribution in [0, 0.1) is 0 Å². The van der Waals surface area contributed by atoms with E-state index in [0.29, 0.717) is 18.7 Å². The summed E-state index contributed by atoms with van der Waals surface area (Å²) >= 11 is 0. The Bertz CT molecular complexity index is 797. The lowest BCUT2D eigenvalue weighted by Gasteiger charge is -2.03. The van der Waals surface area contributed by atoms with Gasteiger partial charge in [-0.05, 0) is 29.8 Å². The predicted molar refractivity (Wildman–Crippen MR) is 89.9 cm³/mol. The third-order valence-corrected chi connectivity index (χ3v) is 3.55. The zero-order chi connectivity index (χ0) is 16.8. The van der Waals surface area contributed by atoms with Crippen molar-refractivity contribution >= 4 is 5.91 Å². The van der Waals surface area contributed by atoms with Crippen molar-refractivity contribution in [2.75, 3.05) is 7.11 Å². The minimum atomic E-state index is -0.0415. The Hall–Kier alpha value is -3.15. The quantitative estimate of drug-likeness (QED) is 0.755. The SMILES string of the molecule is COc1ccc(-n2cc(CNC(=O)Cc3ccccc3)nn2)cc1. The van der Waals surface area contributed by atoms with Crippen LogP contribution in [0.15, 0.2) is 60.8 Å². The highest BCUT2D eigenvalue weighted by Crippen LogP contribution is 2.14. The molecule has 3 rings (SSSR count). The van der Waals surface area contributed by atoms with Crippen molar-refractivity contribution < 1.29 is 9.53 Å². The van der Waals surface area contributed by atoms with Gasteiger partial charge in [0.25, 0.3) is 0 Å². The van der Waals surface area contributed by atoms with E-state index in [9.17, 15) is 4.79 Å². The average molecular weight is 322 g/mol. The average Bonchev–Trinajstić information content (AvgIpc) is 3.10. The number of hydrogen-bond acceptors (Lipinski definition) is 4. The van der Waals surface area contributed by atoms with Gasteiger partial charge < -0.3 is 10.1 Å². The molecule has 2 aromatic carbocycles. The molecular formula is C18H18N4O2. The monoisotopic (exact) mass is 322 g/mol. The lowest BCUT2D eigenvalue weighted by atomic mass is 10.1. The van der Waals surface area contributed by atoms with Crippen molar-refractivity contribution in [1.82, 2.24) is 20.3 Å². The van der Waals surface area contributed by atoms with Crippen LogP contribution in [0.25, 0.3) is 5.69 Å². The molecule has 1 amide bonds. The fraction of sp³-hybridized carbons (Fsp3) is 0.167. The Labute approximate surface area is 140 Å². The molecule has 122 valence electrons. The van der Waals surface area contributed by atoms with E-state index >= 15 is 0 Å². The Morgan fingerprint density at radius 2 is 1.88 bits per heavy atom. The molecule has 0 atom stereocenters. The third-order valence-electron chi connectivity index (χ3n) is 3.55. The number of carbonyl (C=O) groups excluding carboxylic acids is 1. The molecule has 0 saturated carbocycles. The maximum Gasteiger partial charge on any atom is 0.224 e. The van der Waals surface area contributed by atoms with Gasteiger partial charge in [0.05, 0.1) is 32.0 Å². The van der Waals surface area contributed by atoms with Gasteiger partial charge in [0.2, 0.25) is 5.91 Å². The summed E-state index contributed by atoms with van der Waals surface area (Å²) in [4.78, 5) is 12.0. The number of hydrogen-bond donors (Lipinski definition) is 1. The van der Waals surface area contributed by atoms with Gasteiger partial charge in [-0.3, -0.25) is 4.79 Å². The van der Waals surface area contributed by atoms with Gasteiger partial charge in [-0.2, -0.15) is 0 Å². The molecule has 24 heavy (non-hydrogen) atoms. The number of methoxy groups -OCH3 is 1. The number of nitrogens with one attached hydrogen (secondary N) is 1. The molecule has 0 unspecified atom stereocenters. The highest BCUT2D eigenvalue weighted by Gasteiger charge is 2.06. The summed E-state index contributed by atoms with van der Waals surface area (Å²) in [6, 6.07) is 17.1. The number of carbonyl (C=O) groups is 1. The molecule has 0 fully saturated rings. The third kappa shape index (κ3) is 3.98. The van der Waals surface area contributed by atoms with E-state index in [1.54, 1.807) is 18.0 Å². The van der Waals surface area contributed by atoms with Crippen molar-refractivity contribution in [1.29, 1.82) is 0 Å². The predicted octanol–water partition coefficient (Wildman–Crippen LogP) is 2.13. The number of benzene rings is 2. The second-order valence-corrected chi connectivity index (χ2v) is 5.29. The first-order valence-corrected chi connectivity index (χ1v) is 7.61. The lowest BCUT2D eigenvalue weighted by molar-refractivity contribution is -0.120. The molecule has 1 heterocycles. The summed E-state index contributed by atoms with van der Waals surface area (Å²) < 4.78 is 6.80. The van der Waals surface area contributed by atoms with Gasteiger partial charge in [-0.1, -0.05) is 35.5 Å². The van der Waals surface area contributed by atoms with E-state index in [4.69, 9.17) is 4.74 Å². The summed E-state index contributed by atoms with van der Waals surface area (Å²) in [6.45, 7) is 0.349. The standard InChI is InChI=1S/C18H18N4O2/c1-24-17-9-7-16(8-10-17)22-13-15(20-21-22)12-19-18(23)11-14-5-3-2-4-6-14/h2-10,13H,11-12H2,1H3,(H,19,23). The molecule has 0 aliphatic heterocycles. The first kappa shape index (κ1) is 15.7. The van der Waals surface area contributed by atoms with Gasteiger partial charge in [-0.25, -0.2) is 4.68 Å². The summed E-state index contributed by atoms with van der Waals surface area (Å²) in [5.74, 6) is 0.743. The molecule has 0 aliphatic rings. The van der Waals surface area contributed by atoms with Crippen molar-refractivity contribution in [3.63, 3.8) is 0 Å². The molecule has 6 heteroatoms. The second-order valence-electron chi connectivity index (χ2n) is 5.29. The number of ether oxygens (including phenoxy) is 1. The molecule has 0 aliphatic carbocycles. The molecule has 0 bridgehead atoms. The summed E-state index contributed by atoms with van der Waals surface area (Å²) in [5.41, 5.74) is 2.56. The van der Waals surface area contributed by atoms with Crippen molar-refractivity contribution in [2.24, 2.45) is 0 Å². The Kier molecular flexibility index (Phi) is 4.86. The summed E-state index contributed by atoms with van der Waals surface area (Å²) in [7, 11) is 1.63. The van der Waals surface area contributed by atoms with Gasteiger partial charge in [0, 0.05) is 0 Å². The van der Waals surface area contributed by atoms with Crippen LogP contribution < -0.4 is 10.1 Å². The molecule has 3 aromatic rings. The normalized spacial score (nSPS) is 10.4. The van der Waals surface area contributed by atoms with Gasteiger partial charge in [-0.15, -0.1) is 5.10 Å². The minimum absolute atomic E-state index is 0.0415. The Morgan fingerprint density at radius 1 is 1.12 bits per heavy atom. The maximum absolute atomic E-state index is 12.0. The summed E-state index contributed by atoms with van der Waals surface area (Å²) in [6.07, 6.45) is 2.15. The largest absolute Gasteiger partial charge is 0.497 e. The van der Waals surface area contributed by atoms with Gasteiger partial charge in [0.1, 0.15) is 11.4 Å². The first-order valence-electron chi connectivity index (χ1n) is 7.61. The maximum atomic E-state index is 12.0. The number of nitrogens with zero attached hydrogens (tertiary/aromatic N) is 3. The smallest absolute Gasteiger partial charge is 0.224 e.